The van der Waals surface area contributed by atoms with E-state index in [9.17, 15) is 4.79 Å². The number of ether oxygens (including phenoxy) is 1. The molecule has 4 heteroatoms. The van der Waals surface area contributed by atoms with Crippen LogP contribution in [0.2, 0.25) is 0 Å². The molecule has 104 valence electrons. The SMILES string of the molecule is Cc1ccc(NC(=O)COc2ccc(C)cc2Br)cc1. The molecule has 0 spiro atoms. The van der Waals surface area contributed by atoms with Gasteiger partial charge in [-0.05, 0) is 59.6 Å². The van der Waals surface area contributed by atoms with Crippen molar-refractivity contribution in [3.8, 4) is 5.75 Å². The molecule has 1 amide bonds. The Balaban J connectivity index is 1.90. The summed E-state index contributed by atoms with van der Waals surface area (Å²) in [6.45, 7) is 3.98. The lowest BCUT2D eigenvalue weighted by atomic mass is 10.2. The minimum atomic E-state index is -0.179. The van der Waals surface area contributed by atoms with Gasteiger partial charge in [-0.25, -0.2) is 0 Å². The Morgan fingerprint density at radius 1 is 1.10 bits per heavy atom. The zero-order valence-electron chi connectivity index (χ0n) is 11.4. The Hall–Kier alpha value is -1.81. The quantitative estimate of drug-likeness (QED) is 0.915. The van der Waals surface area contributed by atoms with E-state index in [4.69, 9.17) is 4.74 Å². The van der Waals surface area contributed by atoms with Crippen molar-refractivity contribution < 1.29 is 9.53 Å². The molecule has 0 saturated heterocycles. The van der Waals surface area contributed by atoms with Gasteiger partial charge in [-0.2, -0.15) is 0 Å². The zero-order valence-corrected chi connectivity index (χ0v) is 13.0. The second-order valence-electron chi connectivity index (χ2n) is 4.64. The van der Waals surface area contributed by atoms with E-state index in [0.29, 0.717) is 5.75 Å². The Morgan fingerprint density at radius 2 is 1.75 bits per heavy atom. The molecular formula is C16H16BrNO2. The van der Waals surface area contributed by atoms with Gasteiger partial charge < -0.3 is 10.1 Å². The lowest BCUT2D eigenvalue weighted by Gasteiger charge is -2.09. The zero-order chi connectivity index (χ0) is 14.5. The molecule has 0 heterocycles. The molecule has 0 aliphatic rings. The van der Waals surface area contributed by atoms with Gasteiger partial charge in [0, 0.05) is 5.69 Å². The number of amides is 1. The number of nitrogens with one attached hydrogen (secondary N) is 1. The van der Waals surface area contributed by atoms with Crippen LogP contribution in [0, 0.1) is 13.8 Å². The third-order valence-corrected chi connectivity index (χ3v) is 3.40. The van der Waals surface area contributed by atoms with Gasteiger partial charge in [-0.15, -0.1) is 0 Å². The predicted octanol–water partition coefficient (Wildman–Crippen LogP) is 4.08. The van der Waals surface area contributed by atoms with Gasteiger partial charge in [0.2, 0.25) is 0 Å². The highest BCUT2D eigenvalue weighted by Crippen LogP contribution is 2.25. The maximum atomic E-state index is 11.8. The van der Waals surface area contributed by atoms with Crippen LogP contribution in [0.25, 0.3) is 0 Å². The minimum absolute atomic E-state index is 0.0183. The first-order valence-corrected chi connectivity index (χ1v) is 7.09. The Morgan fingerprint density at radius 3 is 2.40 bits per heavy atom. The molecule has 2 aromatic rings. The van der Waals surface area contributed by atoms with E-state index in [0.717, 1.165) is 21.3 Å². The summed E-state index contributed by atoms with van der Waals surface area (Å²) in [6.07, 6.45) is 0. The highest BCUT2D eigenvalue weighted by molar-refractivity contribution is 9.10. The summed E-state index contributed by atoms with van der Waals surface area (Å²) in [6, 6.07) is 13.4. The molecule has 3 nitrogen and oxygen atoms in total. The van der Waals surface area contributed by atoms with Gasteiger partial charge in [0.25, 0.3) is 5.91 Å². The lowest BCUT2D eigenvalue weighted by Crippen LogP contribution is -2.20. The average Bonchev–Trinajstić information content (AvgIpc) is 2.40. The van der Waals surface area contributed by atoms with E-state index in [1.807, 2.05) is 56.3 Å². The molecule has 0 radical (unpaired) electrons. The monoisotopic (exact) mass is 333 g/mol. The van der Waals surface area contributed by atoms with Crippen molar-refractivity contribution in [2.75, 3.05) is 11.9 Å². The largest absolute Gasteiger partial charge is 0.483 e. The topological polar surface area (TPSA) is 38.3 Å². The molecule has 0 fully saturated rings. The molecule has 0 aliphatic carbocycles. The van der Waals surface area contributed by atoms with Crippen LogP contribution in [0.4, 0.5) is 5.69 Å². The third-order valence-electron chi connectivity index (χ3n) is 2.78. The summed E-state index contributed by atoms with van der Waals surface area (Å²) in [7, 11) is 0. The molecule has 0 saturated carbocycles. The number of hydrogen-bond acceptors (Lipinski definition) is 2. The number of carbonyl (C=O) groups excluding carboxylic acids is 1. The first-order valence-electron chi connectivity index (χ1n) is 6.30. The molecule has 0 unspecified atom stereocenters. The van der Waals surface area contributed by atoms with Crippen LogP contribution in [0.5, 0.6) is 5.75 Å². The third kappa shape index (κ3) is 4.10. The second-order valence-corrected chi connectivity index (χ2v) is 5.49. The van der Waals surface area contributed by atoms with Crippen LogP contribution in [-0.2, 0) is 4.79 Å². The fourth-order valence-corrected chi connectivity index (χ4v) is 2.31. The Kier molecular flexibility index (Phi) is 4.79. The standard InChI is InChI=1S/C16H16BrNO2/c1-11-3-6-13(7-4-11)18-16(19)10-20-15-8-5-12(2)9-14(15)17/h3-9H,10H2,1-2H3,(H,18,19). The number of halogens is 1. The summed E-state index contributed by atoms with van der Waals surface area (Å²) in [5, 5.41) is 2.79. The maximum Gasteiger partial charge on any atom is 0.262 e. The fraction of sp³-hybridized carbons (Fsp3) is 0.188. The summed E-state index contributed by atoms with van der Waals surface area (Å²) in [5.74, 6) is 0.482. The molecule has 1 N–H and O–H groups in total. The fourth-order valence-electron chi connectivity index (χ4n) is 1.70. The molecule has 0 bridgehead atoms. The average molecular weight is 334 g/mol. The highest BCUT2D eigenvalue weighted by Gasteiger charge is 2.06. The van der Waals surface area contributed by atoms with Gasteiger partial charge in [-0.3, -0.25) is 4.79 Å². The highest BCUT2D eigenvalue weighted by atomic mass is 79.9. The van der Waals surface area contributed by atoms with Gasteiger partial charge in [0.05, 0.1) is 4.47 Å². The van der Waals surface area contributed by atoms with E-state index in [1.54, 1.807) is 0 Å². The van der Waals surface area contributed by atoms with Crippen molar-refractivity contribution in [2.24, 2.45) is 0 Å². The summed E-state index contributed by atoms with van der Waals surface area (Å²) in [5.41, 5.74) is 3.06. The maximum absolute atomic E-state index is 11.8. The molecule has 0 atom stereocenters. The van der Waals surface area contributed by atoms with Crippen molar-refractivity contribution in [2.45, 2.75) is 13.8 Å². The van der Waals surface area contributed by atoms with Crippen LogP contribution >= 0.6 is 15.9 Å². The number of anilines is 1. The summed E-state index contributed by atoms with van der Waals surface area (Å²) in [4.78, 5) is 11.8. The van der Waals surface area contributed by atoms with Crippen molar-refractivity contribution >= 4 is 27.5 Å². The summed E-state index contributed by atoms with van der Waals surface area (Å²) >= 11 is 3.42. The lowest BCUT2D eigenvalue weighted by molar-refractivity contribution is -0.118. The number of hydrogen-bond donors (Lipinski definition) is 1. The van der Waals surface area contributed by atoms with Crippen LogP contribution in [-0.4, -0.2) is 12.5 Å². The smallest absolute Gasteiger partial charge is 0.262 e. The van der Waals surface area contributed by atoms with Crippen molar-refractivity contribution in [3.63, 3.8) is 0 Å². The Labute approximate surface area is 127 Å². The van der Waals surface area contributed by atoms with Crippen LogP contribution < -0.4 is 10.1 Å². The first-order chi connectivity index (χ1) is 9.54. The molecule has 2 aromatic carbocycles. The predicted molar refractivity (Wildman–Crippen MR) is 84.2 cm³/mol. The van der Waals surface area contributed by atoms with Crippen LogP contribution in [0.3, 0.4) is 0 Å². The van der Waals surface area contributed by atoms with Crippen LogP contribution in [0.15, 0.2) is 46.9 Å². The normalized spacial score (nSPS) is 10.2. The number of carbonyl (C=O) groups is 1. The second kappa shape index (κ2) is 6.57. The van der Waals surface area contributed by atoms with Gasteiger partial charge in [0.1, 0.15) is 5.75 Å². The molecule has 20 heavy (non-hydrogen) atoms. The van der Waals surface area contributed by atoms with Crippen LogP contribution in [0.1, 0.15) is 11.1 Å². The Bertz CT molecular complexity index is 608. The van der Waals surface area contributed by atoms with Gasteiger partial charge >= 0.3 is 0 Å². The molecule has 0 aliphatic heterocycles. The van der Waals surface area contributed by atoms with Crippen molar-refractivity contribution in [3.05, 3.63) is 58.1 Å². The van der Waals surface area contributed by atoms with Gasteiger partial charge in [0.15, 0.2) is 6.61 Å². The van der Waals surface area contributed by atoms with E-state index >= 15 is 0 Å². The van der Waals surface area contributed by atoms with Crippen molar-refractivity contribution in [1.82, 2.24) is 0 Å². The van der Waals surface area contributed by atoms with E-state index in [1.165, 1.54) is 0 Å². The number of aryl methyl sites for hydroxylation is 2. The molecule has 0 aromatic heterocycles. The van der Waals surface area contributed by atoms with E-state index in [2.05, 4.69) is 21.2 Å². The molecule has 2 rings (SSSR count). The van der Waals surface area contributed by atoms with E-state index < -0.39 is 0 Å². The van der Waals surface area contributed by atoms with E-state index in [-0.39, 0.29) is 12.5 Å². The number of benzene rings is 2. The molecular weight excluding hydrogens is 318 g/mol. The summed E-state index contributed by atoms with van der Waals surface area (Å²) < 4.78 is 6.34. The van der Waals surface area contributed by atoms with Gasteiger partial charge in [-0.1, -0.05) is 23.8 Å². The number of rotatable bonds is 4. The minimum Gasteiger partial charge on any atom is -0.483 e. The first kappa shape index (κ1) is 14.6. The van der Waals surface area contributed by atoms with Crippen molar-refractivity contribution in [1.29, 1.82) is 0 Å².